The van der Waals surface area contributed by atoms with E-state index in [4.69, 9.17) is 4.74 Å². The molecule has 0 fully saturated rings. The molecule has 1 atom stereocenters. The van der Waals surface area contributed by atoms with Gasteiger partial charge in [0.1, 0.15) is 0 Å². The van der Waals surface area contributed by atoms with Crippen molar-refractivity contribution in [2.45, 2.75) is 36.5 Å². The Kier molecular flexibility index (Phi) is 4.23. The van der Waals surface area contributed by atoms with E-state index in [1.807, 2.05) is 30.3 Å². The molecule has 0 radical (unpaired) electrons. The number of carbonyl (C=O) groups excluding carboxylic acids is 1. The second-order valence-corrected chi connectivity index (χ2v) is 8.72. The van der Waals surface area contributed by atoms with Crippen LogP contribution < -0.4 is 4.31 Å². The number of anilines is 1. The molecule has 26 heavy (non-hydrogen) atoms. The lowest BCUT2D eigenvalue weighted by Crippen LogP contribution is -2.30. The number of hydrogen-bond donors (Lipinski definition) is 0. The molecule has 1 heterocycles. The molecule has 136 valence electrons. The van der Waals surface area contributed by atoms with Crippen LogP contribution in [0.15, 0.2) is 47.4 Å². The fourth-order valence-corrected chi connectivity index (χ4v) is 5.57. The zero-order valence-electron chi connectivity index (χ0n) is 14.6. The minimum atomic E-state index is -3.67. The lowest BCUT2D eigenvalue weighted by Gasteiger charge is -2.20. The van der Waals surface area contributed by atoms with Crippen LogP contribution in [-0.4, -0.2) is 28.0 Å². The first-order valence-electron chi connectivity index (χ1n) is 8.81. The zero-order chi connectivity index (χ0) is 18.3. The van der Waals surface area contributed by atoms with Crippen LogP contribution >= 0.6 is 0 Å². The molecule has 2 aromatic rings. The van der Waals surface area contributed by atoms with E-state index in [0.717, 1.165) is 30.4 Å². The summed E-state index contributed by atoms with van der Waals surface area (Å²) in [4.78, 5) is 12.1. The van der Waals surface area contributed by atoms with Crippen LogP contribution in [0.3, 0.4) is 0 Å². The number of hydrogen-bond acceptors (Lipinski definition) is 4. The van der Waals surface area contributed by atoms with Gasteiger partial charge in [-0.05, 0) is 54.2 Å². The van der Waals surface area contributed by atoms with Gasteiger partial charge < -0.3 is 4.74 Å². The maximum Gasteiger partial charge on any atom is 0.306 e. The Balaban J connectivity index is 1.72. The molecule has 4 rings (SSSR count). The number of rotatable bonds is 4. The number of ether oxygens (including phenoxy) is 1. The maximum atomic E-state index is 13.3. The third-order valence-electron chi connectivity index (χ3n) is 5.33. The summed E-state index contributed by atoms with van der Waals surface area (Å²) >= 11 is 0. The average molecular weight is 371 g/mol. The molecule has 6 heteroatoms. The lowest BCUT2D eigenvalue weighted by molar-refractivity contribution is -0.140. The van der Waals surface area contributed by atoms with Gasteiger partial charge in [-0.1, -0.05) is 24.3 Å². The Hall–Kier alpha value is -2.34. The number of esters is 1. The topological polar surface area (TPSA) is 63.7 Å². The first-order valence-corrected chi connectivity index (χ1v) is 10.2. The van der Waals surface area contributed by atoms with Crippen LogP contribution in [0.25, 0.3) is 0 Å². The van der Waals surface area contributed by atoms with E-state index in [-0.39, 0.29) is 24.9 Å². The molecule has 0 N–H and O–H groups in total. The van der Waals surface area contributed by atoms with Crippen LogP contribution in [0, 0.1) is 0 Å². The summed E-state index contributed by atoms with van der Waals surface area (Å²) < 4.78 is 32.8. The van der Waals surface area contributed by atoms with Crippen molar-refractivity contribution in [3.05, 3.63) is 59.2 Å². The second-order valence-electron chi connectivity index (χ2n) is 6.86. The van der Waals surface area contributed by atoms with Crippen LogP contribution in [0.1, 0.15) is 35.4 Å². The molecule has 0 saturated heterocycles. The van der Waals surface area contributed by atoms with Gasteiger partial charge in [0.15, 0.2) is 0 Å². The molecule has 0 bridgehead atoms. The smallest absolute Gasteiger partial charge is 0.306 e. The highest BCUT2D eigenvalue weighted by Crippen LogP contribution is 2.41. The van der Waals surface area contributed by atoms with E-state index in [1.165, 1.54) is 17.0 Å². The van der Waals surface area contributed by atoms with Gasteiger partial charge in [-0.2, -0.15) is 0 Å². The molecule has 1 aliphatic carbocycles. The minimum Gasteiger partial charge on any atom is -0.469 e. The van der Waals surface area contributed by atoms with Gasteiger partial charge in [-0.15, -0.1) is 0 Å². The predicted octanol–water partition coefficient (Wildman–Crippen LogP) is 3.03. The Morgan fingerprint density at radius 3 is 2.73 bits per heavy atom. The first-order chi connectivity index (χ1) is 12.5. The Bertz CT molecular complexity index is 968. The molecular weight excluding hydrogens is 350 g/mol. The van der Waals surface area contributed by atoms with Crippen molar-refractivity contribution >= 4 is 21.7 Å². The average Bonchev–Trinajstić information content (AvgIpc) is 3.26. The van der Waals surface area contributed by atoms with E-state index in [2.05, 4.69) is 0 Å². The van der Waals surface area contributed by atoms with Crippen molar-refractivity contribution in [2.24, 2.45) is 0 Å². The molecule has 2 aromatic carbocycles. The molecule has 2 aliphatic rings. The molecular formula is C20H21NO4S. The Labute approximate surface area is 153 Å². The Morgan fingerprint density at radius 2 is 1.92 bits per heavy atom. The number of para-hydroxylation sites is 1. The van der Waals surface area contributed by atoms with E-state index < -0.39 is 10.0 Å². The third-order valence-corrected chi connectivity index (χ3v) is 7.11. The number of fused-ring (bicyclic) bond motifs is 2. The Morgan fingerprint density at radius 1 is 1.15 bits per heavy atom. The van der Waals surface area contributed by atoms with Gasteiger partial charge in [-0.25, -0.2) is 8.42 Å². The van der Waals surface area contributed by atoms with Gasteiger partial charge in [0.2, 0.25) is 0 Å². The van der Waals surface area contributed by atoms with Crippen molar-refractivity contribution in [1.82, 2.24) is 0 Å². The summed E-state index contributed by atoms with van der Waals surface area (Å²) in [6.45, 7) is 0.258. The van der Waals surface area contributed by atoms with Crippen LogP contribution in [-0.2, 0) is 32.4 Å². The number of aryl methyl sites for hydroxylation is 2. The van der Waals surface area contributed by atoms with E-state index in [1.54, 1.807) is 12.1 Å². The van der Waals surface area contributed by atoms with Crippen molar-refractivity contribution in [2.75, 3.05) is 18.0 Å². The third kappa shape index (κ3) is 2.78. The van der Waals surface area contributed by atoms with Gasteiger partial charge in [-0.3, -0.25) is 9.10 Å². The highest BCUT2D eigenvalue weighted by Gasteiger charge is 2.37. The quantitative estimate of drug-likeness (QED) is 0.775. The van der Waals surface area contributed by atoms with E-state index in [0.29, 0.717) is 10.6 Å². The number of nitrogens with zero attached hydrogens (tertiary/aromatic N) is 1. The van der Waals surface area contributed by atoms with Crippen LogP contribution in [0.4, 0.5) is 5.69 Å². The number of methoxy groups -OCH3 is 1. The van der Waals surface area contributed by atoms with Crippen molar-refractivity contribution in [3.8, 4) is 0 Å². The van der Waals surface area contributed by atoms with Gasteiger partial charge >= 0.3 is 5.97 Å². The van der Waals surface area contributed by atoms with Gasteiger partial charge in [0.05, 0.1) is 24.1 Å². The van der Waals surface area contributed by atoms with Gasteiger partial charge in [0.25, 0.3) is 10.0 Å². The predicted molar refractivity (Wildman–Crippen MR) is 98.8 cm³/mol. The molecule has 0 saturated carbocycles. The fourth-order valence-electron chi connectivity index (χ4n) is 3.98. The molecule has 5 nitrogen and oxygen atoms in total. The standard InChI is InChI=1S/C20H21NO4S/c1-25-20(22)12-16-13-21(19-8-3-2-7-18(16)19)26(23,24)17-10-9-14-5-4-6-15(14)11-17/h2-3,7-11,16H,4-6,12-13H2,1H3. The summed E-state index contributed by atoms with van der Waals surface area (Å²) in [6.07, 6.45) is 3.19. The summed E-state index contributed by atoms with van der Waals surface area (Å²) in [5.74, 6) is -0.524. The zero-order valence-corrected chi connectivity index (χ0v) is 15.5. The fraction of sp³-hybridized carbons (Fsp3) is 0.350. The summed E-state index contributed by atoms with van der Waals surface area (Å²) in [6, 6.07) is 12.8. The monoisotopic (exact) mass is 371 g/mol. The first kappa shape index (κ1) is 17.1. The highest BCUT2D eigenvalue weighted by molar-refractivity contribution is 7.92. The number of sulfonamides is 1. The van der Waals surface area contributed by atoms with Crippen molar-refractivity contribution in [1.29, 1.82) is 0 Å². The summed E-state index contributed by atoms with van der Waals surface area (Å²) in [5, 5.41) is 0. The SMILES string of the molecule is COC(=O)CC1CN(S(=O)(=O)c2ccc3c(c2)CCC3)c2ccccc21. The number of carbonyl (C=O) groups is 1. The molecule has 0 amide bonds. The second kappa shape index (κ2) is 6.43. The van der Waals surface area contributed by atoms with Crippen LogP contribution in [0.5, 0.6) is 0 Å². The highest BCUT2D eigenvalue weighted by atomic mass is 32.2. The summed E-state index contributed by atoms with van der Waals surface area (Å²) in [5.41, 5.74) is 3.91. The summed E-state index contributed by atoms with van der Waals surface area (Å²) in [7, 11) is -2.32. The molecule has 1 unspecified atom stereocenters. The molecule has 0 spiro atoms. The number of benzene rings is 2. The normalized spacial score (nSPS) is 18.5. The van der Waals surface area contributed by atoms with Crippen molar-refractivity contribution in [3.63, 3.8) is 0 Å². The van der Waals surface area contributed by atoms with Crippen LogP contribution in [0.2, 0.25) is 0 Å². The largest absolute Gasteiger partial charge is 0.469 e. The lowest BCUT2D eigenvalue weighted by atomic mass is 9.98. The van der Waals surface area contributed by atoms with Crippen molar-refractivity contribution < 1.29 is 17.9 Å². The van der Waals surface area contributed by atoms with E-state index in [9.17, 15) is 13.2 Å². The minimum absolute atomic E-state index is 0.170. The van der Waals surface area contributed by atoms with Gasteiger partial charge in [0, 0.05) is 12.5 Å². The van der Waals surface area contributed by atoms with E-state index >= 15 is 0 Å². The maximum absolute atomic E-state index is 13.3. The molecule has 0 aromatic heterocycles. The molecule has 1 aliphatic heterocycles.